The molecule has 3 rings (SSSR count). The van der Waals surface area contributed by atoms with E-state index in [1.54, 1.807) is 18.2 Å². The molecular formula is C15H14Cl2N2O. The van der Waals surface area contributed by atoms with E-state index < -0.39 is 0 Å². The van der Waals surface area contributed by atoms with Crippen LogP contribution >= 0.6 is 23.2 Å². The Kier molecular flexibility index (Phi) is 3.81. The second-order valence-electron chi connectivity index (χ2n) is 5.02. The topological polar surface area (TPSA) is 45.8 Å². The highest BCUT2D eigenvalue weighted by molar-refractivity contribution is 6.36. The molecule has 1 aliphatic rings. The fourth-order valence-corrected chi connectivity index (χ4v) is 3.09. The van der Waals surface area contributed by atoms with Gasteiger partial charge in [0.1, 0.15) is 5.82 Å². The number of fused-ring (bicyclic) bond motifs is 1. The number of nitrogens with one attached hydrogen (secondary N) is 1. The lowest BCUT2D eigenvalue weighted by Crippen LogP contribution is -2.18. The van der Waals surface area contributed by atoms with Gasteiger partial charge in [0.2, 0.25) is 0 Å². The monoisotopic (exact) mass is 308 g/mol. The summed E-state index contributed by atoms with van der Waals surface area (Å²) < 4.78 is 0. The minimum absolute atomic E-state index is 0.0436. The second kappa shape index (κ2) is 5.58. The average molecular weight is 309 g/mol. The van der Waals surface area contributed by atoms with Crippen LogP contribution in [0.2, 0.25) is 10.0 Å². The van der Waals surface area contributed by atoms with Crippen molar-refractivity contribution in [1.29, 1.82) is 0 Å². The van der Waals surface area contributed by atoms with Crippen LogP contribution < -0.4 is 5.56 Å². The number of halogens is 2. The minimum Gasteiger partial charge on any atom is -0.306 e. The summed E-state index contributed by atoms with van der Waals surface area (Å²) in [4.78, 5) is 19.7. The third-order valence-corrected chi connectivity index (χ3v) is 4.18. The zero-order valence-corrected chi connectivity index (χ0v) is 12.4. The van der Waals surface area contributed by atoms with Gasteiger partial charge in [-0.15, -0.1) is 0 Å². The summed E-state index contributed by atoms with van der Waals surface area (Å²) in [7, 11) is 0. The predicted octanol–water partition coefficient (Wildman–Crippen LogP) is 4.01. The number of rotatable bonds is 1. The third-order valence-electron chi connectivity index (χ3n) is 3.63. The van der Waals surface area contributed by atoms with E-state index in [0.29, 0.717) is 21.4 Å². The molecule has 0 spiro atoms. The van der Waals surface area contributed by atoms with Crippen molar-refractivity contribution in [3.63, 3.8) is 0 Å². The van der Waals surface area contributed by atoms with E-state index in [1.165, 1.54) is 0 Å². The Morgan fingerprint density at radius 3 is 2.70 bits per heavy atom. The number of hydrogen-bond donors (Lipinski definition) is 1. The van der Waals surface area contributed by atoms with Crippen molar-refractivity contribution in [2.24, 2.45) is 0 Å². The van der Waals surface area contributed by atoms with Crippen molar-refractivity contribution in [2.75, 3.05) is 0 Å². The molecule has 1 N–H and O–H groups in total. The minimum atomic E-state index is -0.0436. The van der Waals surface area contributed by atoms with Gasteiger partial charge in [0.05, 0.1) is 10.7 Å². The number of benzene rings is 1. The van der Waals surface area contributed by atoms with Gasteiger partial charge < -0.3 is 4.98 Å². The molecule has 0 saturated carbocycles. The second-order valence-corrected chi connectivity index (χ2v) is 5.87. The maximum Gasteiger partial charge on any atom is 0.254 e. The highest BCUT2D eigenvalue weighted by atomic mass is 35.5. The first kappa shape index (κ1) is 13.7. The van der Waals surface area contributed by atoms with Gasteiger partial charge in [-0.05, 0) is 43.9 Å². The highest BCUT2D eigenvalue weighted by Gasteiger charge is 2.16. The molecular weight excluding hydrogens is 295 g/mol. The molecule has 1 aromatic heterocycles. The van der Waals surface area contributed by atoms with E-state index in [4.69, 9.17) is 23.2 Å². The number of nitrogens with zero attached hydrogens (tertiary/aromatic N) is 1. The van der Waals surface area contributed by atoms with Crippen LogP contribution in [0.4, 0.5) is 0 Å². The molecule has 1 heterocycles. The normalized spacial score (nSPS) is 14.7. The Bertz CT molecular complexity index is 710. The van der Waals surface area contributed by atoms with Gasteiger partial charge in [-0.2, -0.15) is 0 Å². The molecule has 3 nitrogen and oxygen atoms in total. The number of aromatic nitrogens is 2. The standard InChI is InChI=1S/C15H14Cl2N2O/c16-9-6-7-10(12(17)8-9)14-18-13-5-3-1-2-4-11(13)15(20)19-14/h6-8H,1-5H2,(H,18,19,20). The lowest BCUT2D eigenvalue weighted by Gasteiger charge is -2.09. The number of aryl methyl sites for hydroxylation is 1. The van der Waals surface area contributed by atoms with Crippen molar-refractivity contribution in [3.8, 4) is 11.4 Å². The van der Waals surface area contributed by atoms with E-state index in [1.807, 2.05) is 0 Å². The van der Waals surface area contributed by atoms with E-state index in [2.05, 4.69) is 9.97 Å². The van der Waals surface area contributed by atoms with Crippen LogP contribution in [-0.2, 0) is 12.8 Å². The summed E-state index contributed by atoms with van der Waals surface area (Å²) in [6.45, 7) is 0. The zero-order valence-electron chi connectivity index (χ0n) is 10.9. The Morgan fingerprint density at radius 1 is 1.10 bits per heavy atom. The summed E-state index contributed by atoms with van der Waals surface area (Å²) in [5.74, 6) is 0.525. The molecule has 0 aliphatic heterocycles. The van der Waals surface area contributed by atoms with Crippen LogP contribution in [0, 0.1) is 0 Å². The smallest absolute Gasteiger partial charge is 0.254 e. The van der Waals surface area contributed by atoms with Gasteiger partial charge in [-0.3, -0.25) is 4.79 Å². The molecule has 0 atom stereocenters. The maximum atomic E-state index is 12.2. The molecule has 0 unspecified atom stereocenters. The first-order chi connectivity index (χ1) is 9.65. The lowest BCUT2D eigenvalue weighted by atomic mass is 10.1. The number of aromatic amines is 1. The van der Waals surface area contributed by atoms with Crippen molar-refractivity contribution in [2.45, 2.75) is 32.1 Å². The van der Waals surface area contributed by atoms with E-state index in [0.717, 1.165) is 43.4 Å². The van der Waals surface area contributed by atoms with E-state index in [9.17, 15) is 4.79 Å². The molecule has 20 heavy (non-hydrogen) atoms. The predicted molar refractivity (Wildman–Crippen MR) is 81.6 cm³/mol. The zero-order chi connectivity index (χ0) is 14.1. The molecule has 2 aromatic rings. The van der Waals surface area contributed by atoms with Gasteiger partial charge in [-0.25, -0.2) is 4.98 Å². The number of H-pyrrole nitrogens is 1. The van der Waals surface area contributed by atoms with E-state index >= 15 is 0 Å². The van der Waals surface area contributed by atoms with E-state index in [-0.39, 0.29) is 5.56 Å². The van der Waals surface area contributed by atoms with Gasteiger partial charge in [0.15, 0.2) is 0 Å². The fourth-order valence-electron chi connectivity index (χ4n) is 2.59. The quantitative estimate of drug-likeness (QED) is 0.809. The summed E-state index contributed by atoms with van der Waals surface area (Å²) in [6, 6.07) is 5.19. The molecule has 0 radical (unpaired) electrons. The lowest BCUT2D eigenvalue weighted by molar-refractivity contribution is 0.708. The van der Waals surface area contributed by atoms with Crippen LogP contribution in [0.25, 0.3) is 11.4 Å². The molecule has 0 bridgehead atoms. The largest absolute Gasteiger partial charge is 0.306 e. The molecule has 1 aromatic carbocycles. The molecule has 104 valence electrons. The average Bonchev–Trinajstić information content (AvgIpc) is 2.64. The summed E-state index contributed by atoms with van der Waals surface area (Å²) >= 11 is 12.1. The van der Waals surface area contributed by atoms with Crippen molar-refractivity contribution in [1.82, 2.24) is 9.97 Å². The molecule has 1 aliphatic carbocycles. The number of hydrogen-bond acceptors (Lipinski definition) is 2. The van der Waals surface area contributed by atoms with Gasteiger partial charge in [0, 0.05) is 16.1 Å². The van der Waals surface area contributed by atoms with Crippen molar-refractivity contribution < 1.29 is 0 Å². The van der Waals surface area contributed by atoms with Crippen LogP contribution in [0.15, 0.2) is 23.0 Å². The molecule has 0 fully saturated rings. The Morgan fingerprint density at radius 2 is 1.90 bits per heavy atom. The van der Waals surface area contributed by atoms with Gasteiger partial charge >= 0.3 is 0 Å². The fraction of sp³-hybridized carbons (Fsp3) is 0.333. The first-order valence-electron chi connectivity index (χ1n) is 6.72. The van der Waals surface area contributed by atoms with Crippen LogP contribution in [0.5, 0.6) is 0 Å². The third kappa shape index (κ3) is 2.60. The maximum absolute atomic E-state index is 12.2. The molecule has 5 heteroatoms. The highest BCUT2D eigenvalue weighted by Crippen LogP contribution is 2.28. The Labute approximate surface area is 127 Å². The first-order valence-corrected chi connectivity index (χ1v) is 7.48. The Hall–Kier alpha value is -1.32. The van der Waals surface area contributed by atoms with Gasteiger partial charge in [0.25, 0.3) is 5.56 Å². The van der Waals surface area contributed by atoms with Crippen LogP contribution in [-0.4, -0.2) is 9.97 Å². The SMILES string of the molecule is O=c1[nH]c(-c2ccc(Cl)cc2Cl)nc2c1CCCCC2. The Balaban J connectivity index is 2.13. The van der Waals surface area contributed by atoms with Crippen LogP contribution in [0.1, 0.15) is 30.5 Å². The molecule has 0 amide bonds. The van der Waals surface area contributed by atoms with Crippen molar-refractivity contribution >= 4 is 23.2 Å². The summed E-state index contributed by atoms with van der Waals surface area (Å²) in [5.41, 5.74) is 2.40. The van der Waals surface area contributed by atoms with Crippen molar-refractivity contribution in [3.05, 3.63) is 49.9 Å². The van der Waals surface area contributed by atoms with Crippen LogP contribution in [0.3, 0.4) is 0 Å². The summed E-state index contributed by atoms with van der Waals surface area (Å²) in [6.07, 6.45) is 4.95. The summed E-state index contributed by atoms with van der Waals surface area (Å²) in [5, 5.41) is 1.06. The molecule has 0 saturated heterocycles. The van der Waals surface area contributed by atoms with Gasteiger partial charge in [-0.1, -0.05) is 29.6 Å².